The van der Waals surface area contributed by atoms with E-state index in [1.165, 1.54) is 203 Å². The molecule has 0 aliphatic carbocycles. The predicted molar refractivity (Wildman–Crippen MR) is 260 cm³/mol. The summed E-state index contributed by atoms with van der Waals surface area (Å²) in [5, 5.41) is 0. The molecule has 59 heavy (non-hydrogen) atoms. The van der Waals surface area contributed by atoms with E-state index in [4.69, 9.17) is 0 Å². The summed E-state index contributed by atoms with van der Waals surface area (Å²) < 4.78 is 1.60. The number of allylic oxidation sites excluding steroid dienone is 2. The standard InChI is InChI=1S/C52H84N2.2C2H5.Pd/c1-6-11-16-20-24-28-32-44-37-45(33-29-25-21-17-12-7-2)40-49(39-44)51-43-48(36-15-10-5)52(54(51)53)50-41-46(34-30-26-22-18-13-8-3)38-47(42-50)35-31-27-23-19-14-9-4;2*1-2;/h37-43H,6-36H2,1-5H3;2*1H2,2H3;. The predicted octanol–water partition coefficient (Wildman–Crippen LogP) is 19.2. The molecule has 0 bridgehead atoms. The first kappa shape index (κ1) is 53.3. The molecule has 0 N–H and O–H groups in total. The molecular weight excluding hydrogens is 807 g/mol. The minimum absolute atomic E-state index is 0.976. The van der Waals surface area contributed by atoms with Gasteiger partial charge in [-0.05, 0) is 111 Å². The molecule has 2 aromatic carbocycles. The Labute approximate surface area is 376 Å². The molecule has 0 saturated heterocycles. The first-order valence-corrected chi connectivity index (χ1v) is 27.8. The monoisotopic (exact) mass is 901 g/mol. The summed E-state index contributed by atoms with van der Waals surface area (Å²) in [5.74, 6) is 0. The summed E-state index contributed by atoms with van der Waals surface area (Å²) in [7, 11) is 0. The van der Waals surface area contributed by atoms with Crippen molar-refractivity contribution >= 4 is 11.4 Å². The molecule has 338 valence electrons. The van der Waals surface area contributed by atoms with Crippen LogP contribution in [0.2, 0.25) is 9.79 Å². The minimum atomic E-state index is 0.976. The Bertz CT molecular complexity index is 1360. The molecule has 0 unspecified atom stereocenters. The van der Waals surface area contributed by atoms with Gasteiger partial charge in [-0.25, -0.2) is 4.70 Å². The zero-order chi connectivity index (χ0) is 42.8. The van der Waals surface area contributed by atoms with Crippen LogP contribution in [0.25, 0.3) is 16.9 Å². The van der Waals surface area contributed by atoms with Crippen LogP contribution in [0.3, 0.4) is 0 Å². The van der Waals surface area contributed by atoms with Gasteiger partial charge in [-0.2, -0.15) is 0 Å². The Hall–Kier alpha value is -1.82. The fourth-order valence-electron chi connectivity index (χ4n) is 8.61. The first-order chi connectivity index (χ1) is 29.0. The van der Waals surface area contributed by atoms with Crippen LogP contribution in [0.15, 0.2) is 48.0 Å². The van der Waals surface area contributed by atoms with E-state index in [-0.39, 0.29) is 0 Å². The summed E-state index contributed by atoms with van der Waals surface area (Å²) in [4.78, 5) is 2.79. The molecule has 1 aliphatic rings. The van der Waals surface area contributed by atoms with Crippen molar-refractivity contribution in [3.05, 3.63) is 87.0 Å². The van der Waals surface area contributed by atoms with Crippen LogP contribution in [-0.4, -0.2) is 4.70 Å². The van der Waals surface area contributed by atoms with Crippen molar-refractivity contribution in [2.75, 3.05) is 0 Å². The summed E-state index contributed by atoms with van der Waals surface area (Å²) in [6.45, 7) is 16.0. The average molecular weight is 902 g/mol. The molecule has 3 rings (SSSR count). The van der Waals surface area contributed by atoms with Gasteiger partial charge in [0.05, 0.1) is 0 Å². The van der Waals surface area contributed by atoms with Gasteiger partial charge in [0.15, 0.2) is 0 Å². The topological polar surface area (TPSA) is 25.3 Å². The maximum atomic E-state index is 12.3. The van der Waals surface area contributed by atoms with Crippen molar-refractivity contribution in [2.45, 2.75) is 257 Å². The molecule has 2 aromatic rings. The summed E-state index contributed by atoms with van der Waals surface area (Å²) in [6, 6.07) is 14.7. The van der Waals surface area contributed by atoms with Crippen LogP contribution in [-0.2, 0) is 43.7 Å². The second kappa shape index (κ2) is 35.7. The van der Waals surface area contributed by atoms with Crippen molar-refractivity contribution in [2.24, 2.45) is 0 Å². The molecule has 0 aromatic heterocycles. The number of aryl methyl sites for hydroxylation is 4. The van der Waals surface area contributed by atoms with E-state index in [2.05, 4.69) is 90.9 Å². The normalized spacial score (nSPS) is 12.7. The Morgan fingerprint density at radius 1 is 0.373 bits per heavy atom. The second-order valence-corrected chi connectivity index (χ2v) is 20.5. The first-order valence-electron chi connectivity index (χ1n) is 25.6. The number of rotatable bonds is 35. The zero-order valence-corrected chi connectivity index (χ0v) is 41.6. The number of benzene rings is 2. The van der Waals surface area contributed by atoms with Crippen molar-refractivity contribution in [1.82, 2.24) is 0 Å². The number of nitrogens with zero attached hydrogens (tertiary/aromatic N) is 2. The van der Waals surface area contributed by atoms with E-state index < -0.39 is 0 Å². The Kier molecular flexibility index (Phi) is 32.3. The van der Waals surface area contributed by atoms with Crippen LogP contribution in [0.4, 0.5) is 0 Å². The maximum absolute atomic E-state index is 12.3. The van der Waals surface area contributed by atoms with Gasteiger partial charge in [-0.1, -0.05) is 182 Å². The van der Waals surface area contributed by atoms with Crippen molar-refractivity contribution in [3.8, 4) is 0 Å². The van der Waals surface area contributed by atoms with Gasteiger partial charge in [-0.3, -0.25) is 0 Å². The van der Waals surface area contributed by atoms with Gasteiger partial charge in [0, 0.05) is 22.8 Å². The van der Waals surface area contributed by atoms with Crippen LogP contribution in [0.1, 0.15) is 255 Å². The number of hydrogen-bond acceptors (Lipinski definition) is 0. The summed E-state index contributed by atoms with van der Waals surface area (Å²) in [6.07, 6.45) is 41.9. The Morgan fingerprint density at radius 3 is 1.02 bits per heavy atom. The average Bonchev–Trinajstić information content (AvgIpc) is 3.58. The van der Waals surface area contributed by atoms with Gasteiger partial charge < -0.3 is 5.53 Å². The SMILES string of the molecule is CCCCCCCCc1cc(CCCCCCCC)cc(C2=CC(CCCC)=C(c3cc(CCCCCCCC)cc(CCCCCCCC)c3)[N+]2=[N-])c1.C[CH2][Pd][CH2]C. The molecule has 2 nitrogen and oxygen atoms in total. The summed E-state index contributed by atoms with van der Waals surface area (Å²) in [5.41, 5.74) is 23.8. The van der Waals surface area contributed by atoms with Crippen LogP contribution < -0.4 is 0 Å². The molecular formula is C56H94N2Pd. The third-order valence-electron chi connectivity index (χ3n) is 12.1. The van der Waals surface area contributed by atoms with Crippen LogP contribution in [0.5, 0.6) is 0 Å². The van der Waals surface area contributed by atoms with Crippen molar-refractivity contribution in [3.63, 3.8) is 0 Å². The van der Waals surface area contributed by atoms with Gasteiger partial charge in [-0.15, -0.1) is 0 Å². The molecule has 3 heteroatoms. The number of unbranched alkanes of at least 4 members (excludes halogenated alkanes) is 21. The van der Waals surface area contributed by atoms with Gasteiger partial charge in [0.1, 0.15) is 0 Å². The fourth-order valence-corrected chi connectivity index (χ4v) is 9.38. The molecule has 0 spiro atoms. The van der Waals surface area contributed by atoms with E-state index >= 15 is 0 Å². The third-order valence-corrected chi connectivity index (χ3v) is 13.7. The number of hydrogen-bond donors (Lipinski definition) is 0. The van der Waals surface area contributed by atoms with Gasteiger partial charge in [0.2, 0.25) is 11.4 Å². The Balaban J connectivity index is 0.00000225. The van der Waals surface area contributed by atoms with Gasteiger partial charge in [0.25, 0.3) is 0 Å². The second-order valence-electron chi connectivity index (χ2n) is 17.6. The molecule has 0 saturated carbocycles. The van der Waals surface area contributed by atoms with E-state index in [9.17, 15) is 5.53 Å². The van der Waals surface area contributed by atoms with Crippen LogP contribution >= 0.6 is 0 Å². The van der Waals surface area contributed by atoms with E-state index in [1.807, 2.05) is 0 Å². The molecule has 0 atom stereocenters. The molecule has 0 fully saturated rings. The van der Waals surface area contributed by atoms with E-state index in [1.54, 1.807) is 4.70 Å². The zero-order valence-electron chi connectivity index (χ0n) is 40.1. The molecule has 1 heterocycles. The van der Waals surface area contributed by atoms with Crippen molar-refractivity contribution in [1.29, 1.82) is 0 Å². The van der Waals surface area contributed by atoms with E-state index in [0.717, 1.165) is 74.3 Å². The fraction of sp³-hybridized carbons (Fsp3) is 0.714. The van der Waals surface area contributed by atoms with Gasteiger partial charge >= 0.3 is 41.6 Å². The molecule has 0 radical (unpaired) electrons. The molecule has 1 aliphatic heterocycles. The van der Waals surface area contributed by atoms with Crippen molar-refractivity contribution < 1.29 is 22.7 Å². The van der Waals surface area contributed by atoms with E-state index in [0.29, 0.717) is 0 Å². The Morgan fingerprint density at radius 2 is 0.695 bits per heavy atom. The third kappa shape index (κ3) is 23.3. The van der Waals surface area contributed by atoms with Crippen LogP contribution in [0, 0.1) is 0 Å². The quantitative estimate of drug-likeness (QED) is 0.0374. The molecule has 0 amide bonds. The summed E-state index contributed by atoms with van der Waals surface area (Å²) >= 11 is 1.04.